The molecule has 5 N–H and O–H groups in total. The van der Waals surface area contributed by atoms with Crippen molar-refractivity contribution in [2.24, 2.45) is 11.0 Å². The Morgan fingerprint density at radius 1 is 0.849 bits per heavy atom. The molecule has 0 bridgehead atoms. The van der Waals surface area contributed by atoms with Crippen LogP contribution in [0.5, 0.6) is 0 Å². The second kappa shape index (κ2) is 14.2. The van der Waals surface area contributed by atoms with Gasteiger partial charge in [-0.3, -0.25) is 38.8 Å². The number of carbonyl (C=O) groups excluding carboxylic acids is 6. The van der Waals surface area contributed by atoms with Crippen LogP contribution in [0.25, 0.3) is 0 Å². The van der Waals surface area contributed by atoms with Crippen LogP contribution in [-0.4, -0.2) is 134 Å². The number of fused-ring (bicyclic) bond motifs is 8. The molecule has 286 valence electrons. The van der Waals surface area contributed by atoms with Crippen molar-refractivity contribution < 1.29 is 33.9 Å². The minimum absolute atomic E-state index is 0.220. The van der Waals surface area contributed by atoms with E-state index in [4.69, 9.17) is 11.6 Å². The Bertz CT molecular complexity index is 1740. The number of nitrogens with one attached hydrogen (secondary N) is 4. The average molecular weight is 755 g/mol. The van der Waals surface area contributed by atoms with E-state index in [1.165, 1.54) is 33.1 Å². The van der Waals surface area contributed by atoms with Crippen LogP contribution in [0, 0.1) is 5.92 Å². The first-order valence-electron chi connectivity index (χ1n) is 18.4. The number of halogens is 1. The number of hydrazine groups is 2. The van der Waals surface area contributed by atoms with Crippen LogP contribution in [0.15, 0.2) is 23.3 Å². The van der Waals surface area contributed by atoms with Gasteiger partial charge in [0, 0.05) is 49.0 Å². The highest BCUT2D eigenvalue weighted by molar-refractivity contribution is 6.31. The fourth-order valence-corrected chi connectivity index (χ4v) is 8.64. The molecule has 0 radical (unpaired) electrons. The molecule has 17 nitrogen and oxygen atoms in total. The molecule has 0 spiro atoms. The van der Waals surface area contributed by atoms with E-state index in [2.05, 4.69) is 26.6 Å². The Balaban J connectivity index is 1.33. The molecule has 6 amide bonds. The minimum Gasteiger partial charge on any atom is -0.381 e. The highest BCUT2D eigenvalue weighted by Crippen LogP contribution is 2.50. The van der Waals surface area contributed by atoms with Crippen molar-refractivity contribution >= 4 is 58.9 Å². The van der Waals surface area contributed by atoms with Gasteiger partial charge in [0.1, 0.15) is 48.0 Å². The standard InChI is InChI=1S/C35H47ClN10O7/c1-18(2)27-33(52)46-25(10-7-15-39-46)32(51)45-23(8-5-14-38-45)30(49)42(4)19(3)29(48)44-24(9-6-13-37-44)31(50)43-26(28(47)41-27)17-35(53)21-12-11-20(36)16-22(21)40-34(35)43/h11-12,15-16,18-19,23-27,34,37-38,40,53H,5-10,13-14,17H2,1-4H3,(H,41,47). The van der Waals surface area contributed by atoms with Crippen LogP contribution in [0.4, 0.5) is 5.69 Å². The third-order valence-electron chi connectivity index (χ3n) is 11.5. The van der Waals surface area contributed by atoms with E-state index >= 15 is 0 Å². The lowest BCUT2D eigenvalue weighted by Gasteiger charge is -2.44. The number of hydrogen-bond acceptors (Lipinski definition) is 11. The van der Waals surface area contributed by atoms with Gasteiger partial charge in [0.25, 0.3) is 17.7 Å². The molecule has 1 aromatic carbocycles. The van der Waals surface area contributed by atoms with Gasteiger partial charge in [0.05, 0.1) is 0 Å². The molecule has 8 unspecified atom stereocenters. The highest BCUT2D eigenvalue weighted by atomic mass is 35.5. The van der Waals surface area contributed by atoms with Crippen LogP contribution in [0.3, 0.4) is 0 Å². The Hall–Kier alpha value is -4.32. The van der Waals surface area contributed by atoms with Crippen molar-refractivity contribution in [1.29, 1.82) is 0 Å². The number of anilines is 1. The van der Waals surface area contributed by atoms with Crippen molar-refractivity contribution in [3.63, 3.8) is 0 Å². The number of hydrogen-bond donors (Lipinski definition) is 5. The lowest BCUT2D eigenvalue weighted by atomic mass is 9.91. The maximum absolute atomic E-state index is 14.9. The Kier molecular flexibility index (Phi) is 9.88. The summed E-state index contributed by atoms with van der Waals surface area (Å²) in [6.07, 6.45) is 2.51. The number of amides is 6. The van der Waals surface area contributed by atoms with Crippen LogP contribution >= 0.6 is 11.6 Å². The van der Waals surface area contributed by atoms with Crippen LogP contribution in [-0.2, 0) is 34.4 Å². The molecule has 6 aliphatic rings. The summed E-state index contributed by atoms with van der Waals surface area (Å²) in [7, 11) is 1.49. The summed E-state index contributed by atoms with van der Waals surface area (Å²) in [5, 5.41) is 26.7. The zero-order chi connectivity index (χ0) is 37.9. The maximum atomic E-state index is 14.9. The van der Waals surface area contributed by atoms with Gasteiger partial charge in [0.15, 0.2) is 0 Å². The zero-order valence-corrected chi connectivity index (χ0v) is 31.0. The molecule has 0 saturated carbocycles. The number of likely N-dealkylation sites (N-methyl/N-ethyl adjacent to an activating group) is 1. The van der Waals surface area contributed by atoms with E-state index in [1.807, 2.05) is 0 Å². The first kappa shape index (κ1) is 37.0. The summed E-state index contributed by atoms with van der Waals surface area (Å²) in [4.78, 5) is 89.1. The van der Waals surface area contributed by atoms with Crippen LogP contribution in [0.2, 0.25) is 5.02 Å². The molecule has 0 aliphatic carbocycles. The van der Waals surface area contributed by atoms with Crippen LogP contribution in [0.1, 0.15) is 71.3 Å². The molecule has 1 aromatic rings. The van der Waals surface area contributed by atoms with Crippen LogP contribution < -0.4 is 21.5 Å². The topological polar surface area (TPSA) is 199 Å². The van der Waals surface area contributed by atoms with Gasteiger partial charge >= 0.3 is 0 Å². The van der Waals surface area contributed by atoms with Crippen molar-refractivity contribution in [2.75, 3.05) is 25.5 Å². The van der Waals surface area contributed by atoms with Gasteiger partial charge in [-0.15, -0.1) is 0 Å². The van der Waals surface area contributed by atoms with E-state index in [-0.39, 0.29) is 19.3 Å². The zero-order valence-electron chi connectivity index (χ0n) is 30.3. The molecule has 4 saturated heterocycles. The van der Waals surface area contributed by atoms with E-state index in [0.717, 1.165) is 5.01 Å². The van der Waals surface area contributed by atoms with Crippen molar-refractivity contribution in [2.45, 2.75) is 114 Å². The fourth-order valence-electron chi connectivity index (χ4n) is 8.47. The van der Waals surface area contributed by atoms with Gasteiger partial charge < -0.3 is 25.5 Å². The van der Waals surface area contributed by atoms with Gasteiger partial charge in [-0.05, 0) is 63.5 Å². The largest absolute Gasteiger partial charge is 0.381 e. The fraction of sp³-hybridized carbons (Fsp3) is 0.629. The monoisotopic (exact) mass is 754 g/mol. The minimum atomic E-state index is -1.73. The molecule has 18 heteroatoms. The summed E-state index contributed by atoms with van der Waals surface area (Å²) in [6.45, 7) is 5.85. The highest BCUT2D eigenvalue weighted by Gasteiger charge is 2.62. The number of rotatable bonds is 1. The number of hydrazone groups is 1. The lowest BCUT2D eigenvalue weighted by molar-refractivity contribution is -0.163. The second-order valence-corrected chi connectivity index (χ2v) is 15.5. The molecule has 6 heterocycles. The van der Waals surface area contributed by atoms with Gasteiger partial charge in [-0.1, -0.05) is 31.5 Å². The number of carbonyl (C=O) groups is 6. The Morgan fingerprint density at radius 2 is 1.51 bits per heavy atom. The number of aliphatic hydroxyl groups is 1. The molecule has 7 rings (SSSR count). The first-order chi connectivity index (χ1) is 25.2. The first-order valence-corrected chi connectivity index (χ1v) is 18.8. The van der Waals surface area contributed by atoms with Gasteiger partial charge in [0.2, 0.25) is 17.7 Å². The average Bonchev–Trinajstić information content (AvgIpc) is 3.61. The van der Waals surface area contributed by atoms with E-state index < -0.39 is 89.4 Å². The lowest BCUT2D eigenvalue weighted by Crippen LogP contribution is -2.67. The molecule has 0 aromatic heterocycles. The van der Waals surface area contributed by atoms with Crippen molar-refractivity contribution in [1.82, 2.24) is 41.0 Å². The predicted molar refractivity (Wildman–Crippen MR) is 191 cm³/mol. The molecule has 4 fully saturated rings. The van der Waals surface area contributed by atoms with E-state index in [1.54, 1.807) is 39.0 Å². The Morgan fingerprint density at radius 3 is 2.19 bits per heavy atom. The SMILES string of the molecule is CC(C)C1NC(=O)C2CC3(O)c4ccc(Cl)cc4NC3N2C(=O)C2CCCNN2C(=O)C(C)N(C)C(=O)C2CCCNN2C(=O)C2CCC=NN2C1=O. The predicted octanol–water partition coefficient (Wildman–Crippen LogP) is -0.151. The van der Waals surface area contributed by atoms with E-state index in [9.17, 15) is 33.9 Å². The van der Waals surface area contributed by atoms with Crippen molar-refractivity contribution in [3.05, 3.63) is 28.8 Å². The summed E-state index contributed by atoms with van der Waals surface area (Å²) in [5.41, 5.74) is 5.33. The van der Waals surface area contributed by atoms with Gasteiger partial charge in [-0.25, -0.2) is 15.9 Å². The summed E-state index contributed by atoms with van der Waals surface area (Å²) in [6, 6.07) is -1.77. The van der Waals surface area contributed by atoms with Crippen molar-refractivity contribution in [3.8, 4) is 0 Å². The third kappa shape index (κ3) is 6.20. The maximum Gasteiger partial charge on any atom is 0.266 e. The summed E-state index contributed by atoms with van der Waals surface area (Å²) in [5.74, 6) is -3.95. The molecular weight excluding hydrogens is 708 g/mol. The molecule has 53 heavy (non-hydrogen) atoms. The Labute approximate surface area is 312 Å². The molecular formula is C35H47ClN10O7. The second-order valence-electron chi connectivity index (χ2n) is 15.1. The smallest absolute Gasteiger partial charge is 0.266 e. The number of nitrogens with zero attached hydrogens (tertiary/aromatic N) is 6. The summed E-state index contributed by atoms with van der Waals surface area (Å²) >= 11 is 6.29. The molecule has 6 aliphatic heterocycles. The molecule has 8 atom stereocenters. The van der Waals surface area contributed by atoms with Gasteiger partial charge in [-0.2, -0.15) is 5.10 Å². The normalized spacial score (nSPS) is 34.1. The van der Waals surface area contributed by atoms with E-state index in [0.29, 0.717) is 55.0 Å². The number of benzene rings is 1. The summed E-state index contributed by atoms with van der Waals surface area (Å²) < 4.78 is 0. The third-order valence-corrected chi connectivity index (χ3v) is 11.7. The quantitative estimate of drug-likeness (QED) is 0.257.